The van der Waals surface area contributed by atoms with Crippen LogP contribution in [-0.2, 0) is 4.79 Å². The minimum atomic E-state index is -0.423. The van der Waals surface area contributed by atoms with E-state index >= 15 is 0 Å². The van der Waals surface area contributed by atoms with Crippen molar-refractivity contribution in [3.63, 3.8) is 0 Å². The van der Waals surface area contributed by atoms with Gasteiger partial charge in [-0.1, -0.05) is 51.1 Å². The smallest absolute Gasteiger partial charge is 0.321 e. The van der Waals surface area contributed by atoms with Gasteiger partial charge in [-0.05, 0) is 13.3 Å². The molecule has 3 amide bonds. The summed E-state index contributed by atoms with van der Waals surface area (Å²) in [6.45, 7) is 8.36. The van der Waals surface area contributed by atoms with Gasteiger partial charge >= 0.3 is 6.03 Å². The molecule has 0 spiro atoms. The van der Waals surface area contributed by atoms with Gasteiger partial charge < -0.3 is 10.6 Å². The summed E-state index contributed by atoms with van der Waals surface area (Å²) >= 11 is 0. The highest BCUT2D eigenvalue weighted by Crippen LogP contribution is 2.16. The van der Waals surface area contributed by atoms with Crippen molar-refractivity contribution >= 4 is 11.9 Å². The zero-order chi connectivity index (χ0) is 16.5. The van der Waals surface area contributed by atoms with Gasteiger partial charge in [0, 0.05) is 17.5 Å². The zero-order valence-corrected chi connectivity index (χ0v) is 13.9. The Kier molecular flexibility index (Phi) is 7.60. The van der Waals surface area contributed by atoms with Crippen molar-refractivity contribution in [1.82, 2.24) is 10.6 Å². The molecule has 1 aromatic rings. The van der Waals surface area contributed by atoms with Crippen LogP contribution in [0.25, 0.3) is 0 Å². The fourth-order valence-electron chi connectivity index (χ4n) is 2.24. The van der Waals surface area contributed by atoms with E-state index in [2.05, 4.69) is 36.6 Å². The molecule has 0 heterocycles. The average Bonchev–Trinajstić information content (AvgIpc) is 2.47. The molecule has 1 aromatic carbocycles. The molecule has 0 fully saturated rings. The Morgan fingerprint density at radius 1 is 1.14 bits per heavy atom. The van der Waals surface area contributed by atoms with Crippen molar-refractivity contribution in [3.05, 3.63) is 35.9 Å². The molecule has 5 nitrogen and oxygen atoms in total. The first-order valence-corrected chi connectivity index (χ1v) is 7.92. The number of carbonyl (C=O) groups is 2. The van der Waals surface area contributed by atoms with Crippen LogP contribution >= 0.6 is 0 Å². The van der Waals surface area contributed by atoms with Crippen LogP contribution in [0, 0.1) is 5.92 Å². The summed E-state index contributed by atoms with van der Waals surface area (Å²) in [5.41, 5.74) is 1.19. The van der Waals surface area contributed by atoms with Gasteiger partial charge in [-0.15, -0.1) is 0 Å². The lowest BCUT2D eigenvalue weighted by molar-refractivity contribution is -0.692. The Morgan fingerprint density at radius 2 is 1.77 bits per heavy atom. The topological polar surface area (TPSA) is 74.8 Å². The van der Waals surface area contributed by atoms with E-state index in [1.807, 2.05) is 37.4 Å². The van der Waals surface area contributed by atoms with Gasteiger partial charge in [-0.2, -0.15) is 0 Å². The summed E-state index contributed by atoms with van der Waals surface area (Å²) in [6, 6.07) is 9.94. The number of benzene rings is 1. The molecule has 0 bridgehead atoms. The first kappa shape index (κ1) is 18.2. The molecule has 0 saturated heterocycles. The summed E-state index contributed by atoms with van der Waals surface area (Å²) in [7, 11) is 0. The van der Waals surface area contributed by atoms with E-state index < -0.39 is 6.03 Å². The molecule has 0 aliphatic carbocycles. The van der Waals surface area contributed by atoms with Gasteiger partial charge in [0.2, 0.25) is 0 Å². The SMILES string of the molecule is CC[C@@H](C)NC(=O)NC(=O)C[NH2+][C@H](c1ccccc1)C(C)C. The lowest BCUT2D eigenvalue weighted by atomic mass is 9.96. The summed E-state index contributed by atoms with van der Waals surface area (Å²) in [5, 5.41) is 7.07. The maximum Gasteiger partial charge on any atom is 0.321 e. The predicted octanol–water partition coefficient (Wildman–Crippen LogP) is 1.57. The third-order valence-electron chi connectivity index (χ3n) is 3.70. The third kappa shape index (κ3) is 6.26. The highest BCUT2D eigenvalue weighted by Gasteiger charge is 2.20. The Morgan fingerprint density at radius 3 is 2.32 bits per heavy atom. The van der Waals surface area contributed by atoms with E-state index in [-0.39, 0.29) is 24.5 Å². The van der Waals surface area contributed by atoms with Gasteiger partial charge in [0.25, 0.3) is 5.91 Å². The van der Waals surface area contributed by atoms with E-state index in [0.29, 0.717) is 5.92 Å². The van der Waals surface area contributed by atoms with Gasteiger partial charge in [0.15, 0.2) is 6.54 Å². The molecule has 22 heavy (non-hydrogen) atoms. The molecule has 0 aliphatic heterocycles. The quantitative estimate of drug-likeness (QED) is 0.715. The summed E-state index contributed by atoms with van der Waals surface area (Å²) in [4.78, 5) is 23.5. The zero-order valence-electron chi connectivity index (χ0n) is 13.9. The van der Waals surface area contributed by atoms with Crippen LogP contribution in [0.2, 0.25) is 0 Å². The molecule has 1 rings (SSSR count). The third-order valence-corrected chi connectivity index (χ3v) is 3.70. The fraction of sp³-hybridized carbons (Fsp3) is 0.529. The van der Waals surface area contributed by atoms with E-state index in [9.17, 15) is 9.59 Å². The molecule has 0 saturated carbocycles. The summed E-state index contributed by atoms with van der Waals surface area (Å²) < 4.78 is 0. The number of rotatable bonds is 7. The van der Waals surface area contributed by atoms with Crippen molar-refractivity contribution < 1.29 is 14.9 Å². The largest absolute Gasteiger partial charge is 0.335 e. The van der Waals surface area contributed by atoms with Crippen molar-refractivity contribution in [3.8, 4) is 0 Å². The number of amides is 3. The van der Waals surface area contributed by atoms with Gasteiger partial charge in [-0.25, -0.2) is 4.79 Å². The molecule has 0 unspecified atom stereocenters. The van der Waals surface area contributed by atoms with Crippen LogP contribution in [0.5, 0.6) is 0 Å². The van der Waals surface area contributed by atoms with E-state index in [0.717, 1.165) is 6.42 Å². The number of carbonyl (C=O) groups excluding carboxylic acids is 2. The minimum Gasteiger partial charge on any atom is -0.335 e. The van der Waals surface area contributed by atoms with Crippen LogP contribution in [-0.4, -0.2) is 24.5 Å². The highest BCUT2D eigenvalue weighted by molar-refractivity contribution is 5.94. The molecule has 0 radical (unpaired) electrons. The van der Waals surface area contributed by atoms with Crippen LogP contribution in [0.4, 0.5) is 4.79 Å². The number of quaternary nitrogens is 1. The molecule has 5 heteroatoms. The number of urea groups is 1. The maximum atomic E-state index is 11.9. The number of nitrogens with two attached hydrogens (primary N) is 1. The molecule has 2 atom stereocenters. The van der Waals surface area contributed by atoms with E-state index in [4.69, 9.17) is 0 Å². The second-order valence-corrected chi connectivity index (χ2v) is 5.95. The Balaban J connectivity index is 2.49. The molecule has 0 aliphatic rings. The van der Waals surface area contributed by atoms with Crippen molar-refractivity contribution in [2.24, 2.45) is 5.92 Å². The lowest BCUT2D eigenvalue weighted by Crippen LogP contribution is -2.88. The Bertz CT molecular complexity index is 474. The normalized spacial score (nSPS) is 13.5. The Hall–Kier alpha value is -1.88. The van der Waals surface area contributed by atoms with Gasteiger partial charge in [0.05, 0.1) is 0 Å². The minimum absolute atomic E-state index is 0.0597. The molecular weight excluding hydrogens is 278 g/mol. The standard InChI is InChI=1S/C17H27N3O2/c1-5-13(4)19-17(22)20-15(21)11-18-16(12(2)3)14-9-7-6-8-10-14/h6-10,12-13,16,18H,5,11H2,1-4H3,(H2,19,20,21,22)/p+1/t13-,16+/m1/s1. The highest BCUT2D eigenvalue weighted by atomic mass is 16.2. The number of hydrogen-bond acceptors (Lipinski definition) is 2. The second-order valence-electron chi connectivity index (χ2n) is 5.95. The monoisotopic (exact) mass is 306 g/mol. The van der Waals surface area contributed by atoms with Crippen molar-refractivity contribution in [2.75, 3.05) is 6.54 Å². The predicted molar refractivity (Wildman–Crippen MR) is 87.2 cm³/mol. The first-order valence-electron chi connectivity index (χ1n) is 7.92. The number of nitrogens with one attached hydrogen (secondary N) is 2. The first-order chi connectivity index (χ1) is 10.4. The van der Waals surface area contributed by atoms with E-state index in [1.54, 1.807) is 0 Å². The number of imide groups is 1. The van der Waals surface area contributed by atoms with Gasteiger partial charge in [-0.3, -0.25) is 10.1 Å². The summed E-state index contributed by atoms with van der Waals surface area (Å²) in [5.74, 6) is 0.117. The molecule has 4 N–H and O–H groups in total. The van der Waals surface area contributed by atoms with Crippen LogP contribution in [0.3, 0.4) is 0 Å². The molecule has 0 aromatic heterocycles. The van der Waals surface area contributed by atoms with Crippen molar-refractivity contribution in [1.29, 1.82) is 0 Å². The Labute approximate surface area is 132 Å². The molecule has 122 valence electrons. The maximum absolute atomic E-state index is 11.9. The van der Waals surface area contributed by atoms with Crippen LogP contribution in [0.15, 0.2) is 30.3 Å². The van der Waals surface area contributed by atoms with Gasteiger partial charge in [0.1, 0.15) is 6.04 Å². The van der Waals surface area contributed by atoms with E-state index in [1.165, 1.54) is 5.56 Å². The molecular formula is C17H28N3O2+. The summed E-state index contributed by atoms with van der Waals surface area (Å²) in [6.07, 6.45) is 0.831. The van der Waals surface area contributed by atoms with Crippen molar-refractivity contribution in [2.45, 2.75) is 46.2 Å². The van der Waals surface area contributed by atoms with Crippen LogP contribution in [0.1, 0.15) is 45.7 Å². The number of hydrogen-bond donors (Lipinski definition) is 3. The second kappa shape index (κ2) is 9.20. The fourth-order valence-corrected chi connectivity index (χ4v) is 2.24. The van der Waals surface area contributed by atoms with Crippen LogP contribution < -0.4 is 16.0 Å². The lowest BCUT2D eigenvalue weighted by Gasteiger charge is -2.19. The average molecular weight is 306 g/mol.